The van der Waals surface area contributed by atoms with Crippen LogP contribution in [0.15, 0.2) is 35.3 Å². The van der Waals surface area contributed by atoms with E-state index in [1.54, 1.807) is 0 Å². The van der Waals surface area contributed by atoms with Crippen molar-refractivity contribution in [3.05, 3.63) is 35.9 Å². The molecule has 0 aromatic heterocycles. The van der Waals surface area contributed by atoms with Crippen LogP contribution < -0.4 is 10.6 Å². The van der Waals surface area contributed by atoms with E-state index in [9.17, 15) is 5.11 Å². The van der Waals surface area contributed by atoms with Crippen molar-refractivity contribution in [2.75, 3.05) is 26.2 Å². The molecule has 22 heavy (non-hydrogen) atoms. The lowest BCUT2D eigenvalue weighted by atomic mass is 10.1. The molecule has 2 atom stereocenters. The van der Waals surface area contributed by atoms with Gasteiger partial charge in [-0.15, -0.1) is 0 Å². The third kappa shape index (κ3) is 7.43. The van der Waals surface area contributed by atoms with E-state index in [2.05, 4.69) is 22.5 Å². The van der Waals surface area contributed by atoms with Gasteiger partial charge in [-0.05, 0) is 25.8 Å². The Hall–Kier alpha value is -1.59. The molecule has 0 bridgehead atoms. The third-order valence-electron chi connectivity index (χ3n) is 3.15. The van der Waals surface area contributed by atoms with Gasteiger partial charge in [0.05, 0.1) is 25.4 Å². The first-order valence-electron chi connectivity index (χ1n) is 8.04. The van der Waals surface area contributed by atoms with E-state index >= 15 is 0 Å². The fraction of sp³-hybridized carbons (Fsp3) is 0.588. The predicted octanol–water partition coefficient (Wildman–Crippen LogP) is 2.09. The molecule has 0 fully saturated rings. The first kappa shape index (κ1) is 18.5. The van der Waals surface area contributed by atoms with Crippen LogP contribution in [0.25, 0.3) is 0 Å². The lowest BCUT2D eigenvalue weighted by molar-refractivity contribution is 0.00111. The topological polar surface area (TPSA) is 65.9 Å². The number of nitrogens with one attached hydrogen (secondary N) is 2. The smallest absolute Gasteiger partial charge is 0.191 e. The van der Waals surface area contributed by atoms with Gasteiger partial charge in [-0.1, -0.05) is 37.3 Å². The Morgan fingerprint density at radius 3 is 2.59 bits per heavy atom. The highest BCUT2D eigenvalue weighted by Gasteiger charge is 2.09. The molecule has 0 aliphatic rings. The number of rotatable bonds is 9. The van der Waals surface area contributed by atoms with Gasteiger partial charge < -0.3 is 20.5 Å². The van der Waals surface area contributed by atoms with Crippen molar-refractivity contribution in [2.45, 2.75) is 39.4 Å². The third-order valence-corrected chi connectivity index (χ3v) is 3.15. The summed E-state index contributed by atoms with van der Waals surface area (Å²) in [4.78, 5) is 4.37. The van der Waals surface area contributed by atoms with Crippen LogP contribution in [0.3, 0.4) is 0 Å². The number of hydrogen-bond acceptors (Lipinski definition) is 3. The highest BCUT2D eigenvalue weighted by atomic mass is 16.5. The van der Waals surface area contributed by atoms with Crippen LogP contribution in [0.1, 0.15) is 38.9 Å². The van der Waals surface area contributed by atoms with Crippen LogP contribution in [-0.4, -0.2) is 43.4 Å². The summed E-state index contributed by atoms with van der Waals surface area (Å²) in [5, 5.41) is 16.4. The van der Waals surface area contributed by atoms with Gasteiger partial charge in [-0.2, -0.15) is 0 Å². The molecular weight excluding hydrogens is 278 g/mol. The van der Waals surface area contributed by atoms with E-state index in [0.29, 0.717) is 6.54 Å². The average molecular weight is 307 g/mol. The molecule has 0 aliphatic carbocycles. The molecule has 2 unspecified atom stereocenters. The van der Waals surface area contributed by atoms with E-state index in [4.69, 9.17) is 4.74 Å². The summed E-state index contributed by atoms with van der Waals surface area (Å²) in [6, 6.07) is 9.99. The first-order chi connectivity index (χ1) is 10.7. The van der Waals surface area contributed by atoms with Crippen LogP contribution in [0, 0.1) is 0 Å². The summed E-state index contributed by atoms with van der Waals surface area (Å²) >= 11 is 0. The van der Waals surface area contributed by atoms with E-state index in [0.717, 1.165) is 31.0 Å². The maximum Gasteiger partial charge on any atom is 0.191 e. The van der Waals surface area contributed by atoms with Gasteiger partial charge in [0.1, 0.15) is 0 Å². The monoisotopic (exact) mass is 307 g/mol. The van der Waals surface area contributed by atoms with Gasteiger partial charge in [0.15, 0.2) is 5.96 Å². The molecular formula is C17H29N3O2. The highest BCUT2D eigenvalue weighted by Crippen LogP contribution is 2.15. The fourth-order valence-electron chi connectivity index (χ4n) is 1.91. The zero-order chi connectivity index (χ0) is 16.2. The second kappa shape index (κ2) is 11.0. The minimum Gasteiger partial charge on any atom is -0.389 e. The summed E-state index contributed by atoms with van der Waals surface area (Å²) < 4.78 is 5.70. The van der Waals surface area contributed by atoms with E-state index in [-0.39, 0.29) is 12.7 Å². The standard InChI is InChI=1S/C17H29N3O2/c1-4-11-19-17(18-5-2)20-12-16(21)13-22-14(3)15-9-7-6-8-10-15/h6-10,14,16,21H,4-5,11-13H2,1-3H3,(H2,18,19,20). The summed E-state index contributed by atoms with van der Waals surface area (Å²) in [5.41, 5.74) is 1.11. The van der Waals surface area contributed by atoms with Gasteiger partial charge in [-0.3, -0.25) is 4.99 Å². The molecule has 0 aliphatic heterocycles. The normalized spacial score (nSPS) is 14.5. The zero-order valence-electron chi connectivity index (χ0n) is 13.9. The number of nitrogens with zero attached hydrogens (tertiary/aromatic N) is 1. The molecule has 0 spiro atoms. The number of benzene rings is 1. The van der Waals surface area contributed by atoms with Crippen LogP contribution in [0.2, 0.25) is 0 Å². The molecule has 0 amide bonds. The van der Waals surface area contributed by atoms with E-state index < -0.39 is 6.10 Å². The number of aliphatic hydroxyl groups is 1. The first-order valence-corrected chi connectivity index (χ1v) is 8.04. The summed E-state index contributed by atoms with van der Waals surface area (Å²) in [5.74, 6) is 0.736. The van der Waals surface area contributed by atoms with Crippen molar-refractivity contribution in [1.29, 1.82) is 0 Å². The highest BCUT2D eigenvalue weighted by molar-refractivity contribution is 5.79. The van der Waals surface area contributed by atoms with Crippen LogP contribution in [-0.2, 0) is 4.74 Å². The maximum atomic E-state index is 10.00. The van der Waals surface area contributed by atoms with Gasteiger partial charge in [-0.25, -0.2) is 0 Å². The van der Waals surface area contributed by atoms with Crippen molar-refractivity contribution in [2.24, 2.45) is 4.99 Å². The minimum atomic E-state index is -0.608. The maximum absolute atomic E-state index is 10.00. The Kier molecular flexibility index (Phi) is 9.26. The summed E-state index contributed by atoms with van der Waals surface area (Å²) in [6.45, 7) is 8.36. The molecule has 1 aromatic carbocycles. The quantitative estimate of drug-likeness (QED) is 0.483. The Bertz CT molecular complexity index is 423. The van der Waals surface area contributed by atoms with Crippen LogP contribution >= 0.6 is 0 Å². The molecule has 3 N–H and O–H groups in total. The van der Waals surface area contributed by atoms with Crippen molar-refractivity contribution >= 4 is 5.96 Å². The zero-order valence-corrected chi connectivity index (χ0v) is 13.9. The fourth-order valence-corrected chi connectivity index (χ4v) is 1.91. The Morgan fingerprint density at radius 1 is 1.23 bits per heavy atom. The summed E-state index contributed by atoms with van der Waals surface area (Å²) in [7, 11) is 0. The Balaban J connectivity index is 2.36. The van der Waals surface area contributed by atoms with E-state index in [1.165, 1.54) is 0 Å². The van der Waals surface area contributed by atoms with Gasteiger partial charge in [0.25, 0.3) is 0 Å². The average Bonchev–Trinajstić information content (AvgIpc) is 2.56. The SMILES string of the molecule is CCCNC(=NCC(O)COC(C)c1ccccc1)NCC. The Labute approximate surface area is 133 Å². The number of guanidine groups is 1. The second-order valence-electron chi connectivity index (χ2n) is 5.19. The van der Waals surface area contributed by atoms with Crippen molar-refractivity contribution in [3.8, 4) is 0 Å². The van der Waals surface area contributed by atoms with Gasteiger partial charge in [0, 0.05) is 13.1 Å². The van der Waals surface area contributed by atoms with Crippen molar-refractivity contribution in [1.82, 2.24) is 10.6 Å². The molecule has 124 valence electrons. The Morgan fingerprint density at radius 2 is 1.95 bits per heavy atom. The molecule has 1 aromatic rings. The van der Waals surface area contributed by atoms with Gasteiger partial charge >= 0.3 is 0 Å². The predicted molar refractivity (Wildman–Crippen MR) is 91.1 cm³/mol. The number of aliphatic imine (C=N–C) groups is 1. The van der Waals surface area contributed by atoms with Crippen LogP contribution in [0.4, 0.5) is 0 Å². The minimum absolute atomic E-state index is 0.0358. The van der Waals surface area contributed by atoms with Crippen molar-refractivity contribution < 1.29 is 9.84 Å². The largest absolute Gasteiger partial charge is 0.389 e. The molecule has 1 rings (SSSR count). The van der Waals surface area contributed by atoms with E-state index in [1.807, 2.05) is 44.2 Å². The molecule has 5 nitrogen and oxygen atoms in total. The summed E-state index contributed by atoms with van der Waals surface area (Å²) in [6.07, 6.45) is 0.388. The van der Waals surface area contributed by atoms with Crippen molar-refractivity contribution in [3.63, 3.8) is 0 Å². The molecule has 5 heteroatoms. The number of ether oxygens (including phenoxy) is 1. The molecule has 0 saturated carbocycles. The number of hydrogen-bond donors (Lipinski definition) is 3. The molecule has 0 saturated heterocycles. The lowest BCUT2D eigenvalue weighted by Gasteiger charge is -2.16. The lowest BCUT2D eigenvalue weighted by Crippen LogP contribution is -2.38. The number of aliphatic hydroxyl groups excluding tert-OH is 1. The van der Waals surface area contributed by atoms with Gasteiger partial charge in [0.2, 0.25) is 0 Å². The second-order valence-corrected chi connectivity index (χ2v) is 5.19. The molecule has 0 radical (unpaired) electrons. The molecule has 0 heterocycles. The van der Waals surface area contributed by atoms with Crippen LogP contribution in [0.5, 0.6) is 0 Å².